The zero-order chi connectivity index (χ0) is 25.4. The average molecular weight is 487 g/mol. The average Bonchev–Trinajstić information content (AvgIpc) is 3.17. The molecule has 3 aromatic rings. The maximum absolute atomic E-state index is 14.6. The van der Waals surface area contributed by atoms with Crippen LogP contribution in [0.4, 0.5) is 8.78 Å². The van der Waals surface area contributed by atoms with Crippen molar-refractivity contribution in [2.24, 2.45) is 5.73 Å². The van der Waals surface area contributed by atoms with Crippen LogP contribution in [0.25, 0.3) is 11.1 Å². The van der Waals surface area contributed by atoms with E-state index in [0.29, 0.717) is 0 Å². The van der Waals surface area contributed by atoms with Gasteiger partial charge in [0.05, 0.1) is 5.56 Å². The van der Waals surface area contributed by atoms with Crippen LogP contribution in [0.1, 0.15) is 47.9 Å². The molecule has 6 nitrogen and oxygen atoms in total. The van der Waals surface area contributed by atoms with Crippen molar-refractivity contribution in [3.63, 3.8) is 0 Å². The first kappa shape index (κ1) is 26.6. The Hall–Kier alpha value is -3.70. The molecule has 0 bridgehead atoms. The number of rotatable bonds is 6. The number of carbonyl (C=O) groups excluding carboxylic acids is 2. The molecule has 1 heterocycles. The molecule has 0 radical (unpaired) electrons. The van der Waals surface area contributed by atoms with Gasteiger partial charge in [0.1, 0.15) is 23.4 Å². The Bertz CT molecular complexity index is 1220. The number of aromatic nitrogens is 1. The lowest BCUT2D eigenvalue weighted by Crippen LogP contribution is -2.28. The molecular weight excluding hydrogens is 462 g/mol. The van der Waals surface area contributed by atoms with Crippen LogP contribution in [0.5, 0.6) is 0 Å². The zero-order valence-electron chi connectivity index (χ0n) is 19.0. The number of halogens is 3. The van der Waals surface area contributed by atoms with Gasteiger partial charge in [0.2, 0.25) is 5.91 Å². The number of benzene rings is 2. The molecule has 0 aliphatic rings. The third kappa shape index (κ3) is 6.42. The summed E-state index contributed by atoms with van der Waals surface area (Å²) >= 11 is 5.54. The van der Waals surface area contributed by atoms with E-state index in [2.05, 4.69) is 5.32 Å². The van der Waals surface area contributed by atoms with Crippen molar-refractivity contribution in [3.8, 4) is 17.2 Å². The van der Waals surface area contributed by atoms with E-state index in [1.54, 1.807) is 13.8 Å². The van der Waals surface area contributed by atoms with E-state index in [4.69, 9.17) is 17.3 Å². The molecule has 0 aliphatic carbocycles. The molecule has 0 saturated heterocycles. The number of nitrogens with zero attached hydrogens (tertiary/aromatic N) is 2. The number of nitriles is 1. The van der Waals surface area contributed by atoms with E-state index in [1.165, 1.54) is 17.7 Å². The fourth-order valence-corrected chi connectivity index (χ4v) is 3.39. The number of hydrogen-bond acceptors (Lipinski definition) is 3. The van der Waals surface area contributed by atoms with Gasteiger partial charge in [-0.2, -0.15) is 5.26 Å². The molecule has 0 atom stereocenters. The van der Waals surface area contributed by atoms with Crippen LogP contribution in [0.3, 0.4) is 0 Å². The van der Waals surface area contributed by atoms with Gasteiger partial charge in [-0.1, -0.05) is 29.8 Å². The second-order valence-electron chi connectivity index (χ2n) is 7.68. The van der Waals surface area contributed by atoms with E-state index in [0.717, 1.165) is 17.2 Å². The fraction of sp³-hybridized carbons (Fsp3) is 0.240. The first-order valence-corrected chi connectivity index (χ1v) is 10.8. The van der Waals surface area contributed by atoms with Crippen LogP contribution in [-0.2, 0) is 4.79 Å². The first-order valence-electron chi connectivity index (χ1n) is 10.4. The van der Waals surface area contributed by atoms with Crippen molar-refractivity contribution in [2.45, 2.75) is 33.2 Å². The standard InChI is InChI=1S/C19H20F2N4O2.C6H5Cl/c1-10(2)25-9-12(19(27)24-7-6-16(23)26)18(15(25)8-22)17-11(3)13(20)4-5-14(17)21;7-6-4-2-1-3-5-6/h4-5,9-10H,6-7H2,1-3H3,(H2,23,26)(H,24,27);1-5H. The summed E-state index contributed by atoms with van der Waals surface area (Å²) in [4.78, 5) is 23.5. The van der Waals surface area contributed by atoms with Crippen molar-refractivity contribution in [1.29, 1.82) is 5.26 Å². The molecule has 0 aliphatic heterocycles. The van der Waals surface area contributed by atoms with E-state index in [1.807, 2.05) is 36.4 Å². The predicted octanol–water partition coefficient (Wildman–Crippen LogP) is 5.14. The number of amides is 2. The molecule has 0 unspecified atom stereocenters. The van der Waals surface area contributed by atoms with Crippen molar-refractivity contribution >= 4 is 23.4 Å². The van der Waals surface area contributed by atoms with Gasteiger partial charge in [0.25, 0.3) is 5.91 Å². The zero-order valence-corrected chi connectivity index (χ0v) is 19.8. The molecule has 9 heteroatoms. The molecule has 178 valence electrons. The second-order valence-corrected chi connectivity index (χ2v) is 8.11. The van der Waals surface area contributed by atoms with Crippen LogP contribution < -0.4 is 11.1 Å². The Morgan fingerprint density at radius 2 is 1.74 bits per heavy atom. The Morgan fingerprint density at radius 1 is 1.12 bits per heavy atom. The lowest BCUT2D eigenvalue weighted by atomic mass is 9.96. The number of nitrogens with two attached hydrogens (primary N) is 1. The first-order chi connectivity index (χ1) is 16.1. The lowest BCUT2D eigenvalue weighted by Gasteiger charge is -2.12. The van der Waals surface area contributed by atoms with Crippen LogP contribution in [0.15, 0.2) is 48.7 Å². The molecule has 2 aromatic carbocycles. The summed E-state index contributed by atoms with van der Waals surface area (Å²) in [5, 5.41) is 12.9. The number of nitrogens with one attached hydrogen (secondary N) is 1. The highest BCUT2D eigenvalue weighted by molar-refractivity contribution is 6.30. The molecule has 0 spiro atoms. The van der Waals surface area contributed by atoms with E-state index in [9.17, 15) is 23.6 Å². The number of carbonyl (C=O) groups is 2. The van der Waals surface area contributed by atoms with E-state index >= 15 is 0 Å². The van der Waals surface area contributed by atoms with Gasteiger partial charge < -0.3 is 15.6 Å². The molecule has 3 rings (SSSR count). The third-order valence-corrected chi connectivity index (χ3v) is 5.18. The van der Waals surface area contributed by atoms with Crippen LogP contribution in [-0.4, -0.2) is 22.9 Å². The van der Waals surface area contributed by atoms with Crippen molar-refractivity contribution in [2.75, 3.05) is 6.54 Å². The quantitative estimate of drug-likeness (QED) is 0.504. The van der Waals surface area contributed by atoms with Crippen molar-refractivity contribution in [1.82, 2.24) is 9.88 Å². The topological polar surface area (TPSA) is 101 Å². The van der Waals surface area contributed by atoms with Gasteiger partial charge in [-0.25, -0.2) is 8.78 Å². The maximum atomic E-state index is 14.6. The maximum Gasteiger partial charge on any atom is 0.253 e. The molecule has 2 amide bonds. The van der Waals surface area contributed by atoms with Gasteiger partial charge in [-0.05, 0) is 50.6 Å². The van der Waals surface area contributed by atoms with Gasteiger partial charge in [-0.3, -0.25) is 9.59 Å². The number of hydrogen-bond donors (Lipinski definition) is 2. The predicted molar refractivity (Wildman–Crippen MR) is 127 cm³/mol. The molecule has 3 N–H and O–H groups in total. The molecule has 0 saturated carbocycles. The highest BCUT2D eigenvalue weighted by Gasteiger charge is 2.27. The van der Waals surface area contributed by atoms with E-state index < -0.39 is 23.4 Å². The minimum Gasteiger partial charge on any atom is -0.370 e. The summed E-state index contributed by atoms with van der Waals surface area (Å²) in [5.41, 5.74) is 5.03. The van der Waals surface area contributed by atoms with Gasteiger partial charge in [0.15, 0.2) is 0 Å². The smallest absolute Gasteiger partial charge is 0.253 e. The monoisotopic (exact) mass is 486 g/mol. The summed E-state index contributed by atoms with van der Waals surface area (Å²) in [6.07, 6.45) is 1.37. The Balaban J connectivity index is 0.000000497. The summed E-state index contributed by atoms with van der Waals surface area (Å²) in [6.45, 7) is 4.98. The SMILES string of the molecule is Cc1c(F)ccc(F)c1-c1c(C(=O)NCCC(N)=O)cn(C(C)C)c1C#N.Clc1ccccc1. The van der Waals surface area contributed by atoms with Crippen LogP contribution in [0, 0.1) is 29.9 Å². The lowest BCUT2D eigenvalue weighted by molar-refractivity contribution is -0.117. The van der Waals surface area contributed by atoms with Crippen molar-refractivity contribution < 1.29 is 18.4 Å². The van der Waals surface area contributed by atoms with E-state index in [-0.39, 0.29) is 47.0 Å². The highest BCUT2D eigenvalue weighted by Crippen LogP contribution is 2.36. The summed E-state index contributed by atoms with van der Waals surface area (Å²) in [7, 11) is 0. The summed E-state index contributed by atoms with van der Waals surface area (Å²) in [6, 6.07) is 13.2. The van der Waals surface area contributed by atoms with Crippen molar-refractivity contribution in [3.05, 3.63) is 82.1 Å². The minimum absolute atomic E-state index is 0.000748. The minimum atomic E-state index is -0.738. The summed E-state index contributed by atoms with van der Waals surface area (Å²) in [5.74, 6) is -2.57. The highest BCUT2D eigenvalue weighted by atomic mass is 35.5. The number of primary amides is 1. The Kier molecular flexibility index (Phi) is 9.34. The second kappa shape index (κ2) is 12.0. The Morgan fingerprint density at radius 3 is 2.24 bits per heavy atom. The summed E-state index contributed by atoms with van der Waals surface area (Å²) < 4.78 is 30.2. The molecule has 34 heavy (non-hydrogen) atoms. The Labute approximate surface area is 201 Å². The van der Waals surface area contributed by atoms with Crippen LogP contribution >= 0.6 is 11.6 Å². The van der Waals surface area contributed by atoms with Gasteiger partial charge in [-0.15, -0.1) is 0 Å². The van der Waals surface area contributed by atoms with Gasteiger partial charge in [0, 0.05) is 41.4 Å². The molecule has 1 aromatic heterocycles. The van der Waals surface area contributed by atoms with Gasteiger partial charge >= 0.3 is 0 Å². The molecular formula is C25H25ClF2N4O2. The molecule has 0 fully saturated rings. The third-order valence-electron chi connectivity index (χ3n) is 4.93. The van der Waals surface area contributed by atoms with Crippen LogP contribution in [0.2, 0.25) is 5.02 Å². The largest absolute Gasteiger partial charge is 0.370 e. The normalized spacial score (nSPS) is 10.3. The fourth-order valence-electron chi connectivity index (χ4n) is 3.24.